The number of nitrogens with one attached hydrogen (secondary N) is 1. The number of hydrogen-bond acceptors (Lipinski definition) is 6. The molecule has 2 aliphatic rings. The fourth-order valence-electron chi connectivity index (χ4n) is 3.86. The number of hydrogen-bond donors (Lipinski definition) is 1. The molecule has 1 aromatic heterocycles. The highest BCUT2D eigenvalue weighted by Gasteiger charge is 2.23. The molecular formula is C25H24FN5OS. The Balaban J connectivity index is 1.30. The number of anilines is 2. The van der Waals surface area contributed by atoms with Gasteiger partial charge in [-0.2, -0.15) is 0 Å². The Hall–Kier alpha value is -3.23. The number of amides is 1. The van der Waals surface area contributed by atoms with Crippen molar-refractivity contribution < 1.29 is 9.18 Å². The first-order valence-electron chi connectivity index (χ1n) is 10.9. The number of carbonyl (C=O) groups excluding carboxylic acids is 1. The van der Waals surface area contributed by atoms with Gasteiger partial charge in [-0.05, 0) is 48.5 Å². The van der Waals surface area contributed by atoms with Gasteiger partial charge in [-0.25, -0.2) is 14.4 Å². The number of likely N-dealkylation sites (N-methyl/N-ethyl adjacent to an activating group) is 1. The summed E-state index contributed by atoms with van der Waals surface area (Å²) in [7, 11) is 2.16. The van der Waals surface area contributed by atoms with Crippen LogP contribution in [-0.2, 0) is 11.2 Å². The maximum atomic E-state index is 13.2. The maximum Gasteiger partial charge on any atom is 0.262 e. The van der Waals surface area contributed by atoms with Crippen LogP contribution in [0.1, 0.15) is 17.0 Å². The molecule has 3 aromatic rings. The van der Waals surface area contributed by atoms with Crippen LogP contribution in [0.4, 0.5) is 15.8 Å². The molecule has 0 spiro atoms. The summed E-state index contributed by atoms with van der Waals surface area (Å²) in [6.45, 7) is 4.24. The molecule has 1 N–H and O–H groups in total. The van der Waals surface area contributed by atoms with Gasteiger partial charge >= 0.3 is 0 Å². The van der Waals surface area contributed by atoms with Gasteiger partial charge in [0.05, 0.1) is 16.8 Å². The van der Waals surface area contributed by atoms with Crippen LogP contribution in [0.3, 0.4) is 0 Å². The predicted octanol–water partition coefficient (Wildman–Crippen LogP) is 4.04. The van der Waals surface area contributed by atoms with E-state index in [1.807, 2.05) is 0 Å². The molecule has 2 aromatic carbocycles. The van der Waals surface area contributed by atoms with Crippen molar-refractivity contribution in [3.8, 4) is 0 Å². The summed E-state index contributed by atoms with van der Waals surface area (Å²) >= 11 is 1.30. The Kier molecular flexibility index (Phi) is 6.11. The molecular weight excluding hydrogens is 437 g/mol. The average molecular weight is 462 g/mol. The number of rotatable bonds is 4. The lowest BCUT2D eigenvalue weighted by atomic mass is 10.1. The van der Waals surface area contributed by atoms with Crippen molar-refractivity contribution in [2.24, 2.45) is 0 Å². The second kappa shape index (κ2) is 9.33. The first kappa shape index (κ1) is 21.6. The zero-order valence-electron chi connectivity index (χ0n) is 18.3. The summed E-state index contributed by atoms with van der Waals surface area (Å²) < 4.78 is 13.2. The van der Waals surface area contributed by atoms with Gasteiger partial charge in [-0.3, -0.25) is 4.79 Å². The third kappa shape index (κ3) is 5.07. The highest BCUT2D eigenvalue weighted by Crippen LogP contribution is 2.37. The van der Waals surface area contributed by atoms with Gasteiger partial charge in [-0.1, -0.05) is 36.0 Å². The Morgan fingerprint density at radius 1 is 1.06 bits per heavy atom. The summed E-state index contributed by atoms with van der Waals surface area (Å²) in [6.07, 6.45) is 4.01. The molecule has 0 radical (unpaired) electrons. The monoisotopic (exact) mass is 461 g/mol. The van der Waals surface area contributed by atoms with Crippen molar-refractivity contribution in [2.45, 2.75) is 11.4 Å². The van der Waals surface area contributed by atoms with Crippen LogP contribution in [0.25, 0.3) is 6.08 Å². The predicted molar refractivity (Wildman–Crippen MR) is 130 cm³/mol. The summed E-state index contributed by atoms with van der Waals surface area (Å²) in [6, 6.07) is 14.6. The van der Waals surface area contributed by atoms with E-state index in [0.29, 0.717) is 27.9 Å². The molecule has 0 aliphatic carbocycles. The van der Waals surface area contributed by atoms with Crippen LogP contribution in [0.5, 0.6) is 0 Å². The molecule has 0 saturated carbocycles. The minimum Gasteiger partial charge on any atom is -0.369 e. The molecule has 0 bridgehead atoms. The standard InChI is InChI=1S/C25H24FN5OS/c1-30-10-12-31(13-11-30)20-8-4-18(5-9-20)15-23-27-16-21-25(29-23)33-22(24(32)28-21)14-17-2-6-19(26)7-3-17/h2-9,14,16H,10-13,15H2,1H3,(H,28,32)/b22-14+. The number of halogens is 1. The van der Waals surface area contributed by atoms with Crippen LogP contribution in [0.15, 0.2) is 64.7 Å². The molecule has 33 heavy (non-hydrogen) atoms. The normalized spacial score (nSPS) is 17.7. The molecule has 5 rings (SSSR count). The van der Waals surface area contributed by atoms with Gasteiger partial charge < -0.3 is 15.1 Å². The van der Waals surface area contributed by atoms with E-state index in [4.69, 9.17) is 0 Å². The summed E-state index contributed by atoms with van der Waals surface area (Å²) in [4.78, 5) is 26.8. The van der Waals surface area contributed by atoms with Gasteiger partial charge in [-0.15, -0.1) is 0 Å². The van der Waals surface area contributed by atoms with Crippen molar-refractivity contribution in [1.29, 1.82) is 0 Å². The van der Waals surface area contributed by atoms with Crippen molar-refractivity contribution in [3.05, 3.63) is 82.4 Å². The third-order valence-electron chi connectivity index (χ3n) is 5.82. The summed E-state index contributed by atoms with van der Waals surface area (Å²) in [5.41, 5.74) is 3.74. The number of carbonyl (C=O) groups is 1. The molecule has 1 saturated heterocycles. The second-order valence-corrected chi connectivity index (χ2v) is 9.29. The second-order valence-electron chi connectivity index (χ2n) is 8.25. The first-order valence-corrected chi connectivity index (χ1v) is 11.7. The number of aromatic nitrogens is 2. The van der Waals surface area contributed by atoms with Gasteiger partial charge in [0, 0.05) is 38.3 Å². The summed E-state index contributed by atoms with van der Waals surface area (Å²) in [5.74, 6) is 0.177. The van der Waals surface area contributed by atoms with E-state index in [0.717, 1.165) is 37.3 Å². The Morgan fingerprint density at radius 2 is 1.79 bits per heavy atom. The SMILES string of the molecule is CN1CCN(c2ccc(Cc3ncc4c(n3)S/C(=C/c3ccc(F)cc3)C(=O)N4)cc2)CC1. The minimum absolute atomic E-state index is 0.215. The number of benzene rings is 2. The van der Waals surface area contributed by atoms with E-state index >= 15 is 0 Å². The smallest absolute Gasteiger partial charge is 0.262 e. The molecule has 2 aliphatic heterocycles. The van der Waals surface area contributed by atoms with Crippen molar-refractivity contribution in [1.82, 2.24) is 14.9 Å². The lowest BCUT2D eigenvalue weighted by Crippen LogP contribution is -2.44. The van der Waals surface area contributed by atoms with Gasteiger partial charge in [0.2, 0.25) is 0 Å². The third-order valence-corrected chi connectivity index (χ3v) is 6.84. The van der Waals surface area contributed by atoms with Crippen LogP contribution in [0, 0.1) is 5.82 Å². The maximum absolute atomic E-state index is 13.2. The highest BCUT2D eigenvalue weighted by atomic mass is 32.2. The summed E-state index contributed by atoms with van der Waals surface area (Å²) in [5, 5.41) is 3.55. The fraction of sp³-hybridized carbons (Fsp3) is 0.240. The highest BCUT2D eigenvalue weighted by molar-refractivity contribution is 8.04. The zero-order chi connectivity index (χ0) is 22.8. The Labute approximate surface area is 196 Å². The van der Waals surface area contributed by atoms with E-state index < -0.39 is 0 Å². The zero-order valence-corrected chi connectivity index (χ0v) is 19.1. The fourth-order valence-corrected chi connectivity index (χ4v) is 4.77. The van der Waals surface area contributed by atoms with Crippen LogP contribution in [-0.4, -0.2) is 54.0 Å². The van der Waals surface area contributed by atoms with E-state index in [2.05, 4.69) is 56.4 Å². The van der Waals surface area contributed by atoms with Crippen molar-refractivity contribution in [2.75, 3.05) is 43.4 Å². The molecule has 0 atom stereocenters. The van der Waals surface area contributed by atoms with E-state index in [1.165, 1.54) is 29.6 Å². The molecule has 8 heteroatoms. The topological polar surface area (TPSA) is 61.4 Å². The van der Waals surface area contributed by atoms with Gasteiger partial charge in [0.15, 0.2) is 0 Å². The molecule has 0 unspecified atom stereocenters. The van der Waals surface area contributed by atoms with Crippen LogP contribution < -0.4 is 10.2 Å². The van der Waals surface area contributed by atoms with Crippen LogP contribution in [0.2, 0.25) is 0 Å². The van der Waals surface area contributed by atoms with Crippen molar-refractivity contribution in [3.63, 3.8) is 0 Å². The van der Waals surface area contributed by atoms with E-state index in [1.54, 1.807) is 24.4 Å². The molecule has 6 nitrogen and oxygen atoms in total. The van der Waals surface area contributed by atoms with E-state index in [-0.39, 0.29) is 11.7 Å². The Bertz CT molecular complexity index is 1190. The lowest BCUT2D eigenvalue weighted by Gasteiger charge is -2.34. The lowest BCUT2D eigenvalue weighted by molar-refractivity contribution is -0.112. The minimum atomic E-state index is -0.308. The van der Waals surface area contributed by atoms with Gasteiger partial charge in [0.1, 0.15) is 16.7 Å². The average Bonchev–Trinajstić information content (AvgIpc) is 2.82. The molecule has 1 fully saturated rings. The molecule has 3 heterocycles. The number of fused-ring (bicyclic) bond motifs is 1. The molecule has 1 amide bonds. The number of nitrogens with zero attached hydrogens (tertiary/aromatic N) is 4. The number of thioether (sulfide) groups is 1. The number of piperazine rings is 1. The van der Waals surface area contributed by atoms with Crippen molar-refractivity contribution >= 4 is 35.1 Å². The van der Waals surface area contributed by atoms with E-state index in [9.17, 15) is 9.18 Å². The van der Waals surface area contributed by atoms with Crippen LogP contribution >= 0.6 is 11.8 Å². The molecule has 168 valence electrons. The van der Waals surface area contributed by atoms with Gasteiger partial charge in [0.25, 0.3) is 5.91 Å². The Morgan fingerprint density at radius 3 is 2.52 bits per heavy atom. The first-order chi connectivity index (χ1) is 16.0. The largest absolute Gasteiger partial charge is 0.369 e. The quantitative estimate of drug-likeness (QED) is 0.467.